The summed E-state index contributed by atoms with van der Waals surface area (Å²) in [7, 11) is -0.0221. The average molecular weight is 529 g/mol. The van der Waals surface area contributed by atoms with E-state index in [1.165, 1.54) is 25.2 Å². The number of carboxylic acid groups (broad SMARTS) is 1. The lowest BCUT2D eigenvalue weighted by atomic mass is 9.63. The van der Waals surface area contributed by atoms with Gasteiger partial charge in [0.25, 0.3) is 17.8 Å². The largest absolute Gasteiger partial charge is 0.531 e. The number of ketones is 1. The number of likely N-dealkylation sites (N-methyl/N-ethyl adjacent to an activating group) is 1. The van der Waals surface area contributed by atoms with E-state index in [1.807, 2.05) is 13.8 Å². The van der Waals surface area contributed by atoms with Crippen molar-refractivity contribution in [2.24, 2.45) is 5.92 Å². The molecule has 1 aromatic carbocycles. The van der Waals surface area contributed by atoms with Crippen LogP contribution in [0.15, 0.2) is 18.2 Å². The van der Waals surface area contributed by atoms with Crippen LogP contribution in [0.4, 0.5) is 0 Å². The van der Waals surface area contributed by atoms with E-state index in [4.69, 9.17) is 32.5 Å². The van der Waals surface area contributed by atoms with Crippen molar-refractivity contribution < 1.29 is 38.4 Å². The van der Waals surface area contributed by atoms with Gasteiger partial charge in [0.1, 0.15) is 0 Å². The van der Waals surface area contributed by atoms with Gasteiger partial charge in [0.2, 0.25) is 0 Å². The first-order valence-electron chi connectivity index (χ1n) is 10.9. The molecule has 0 saturated carbocycles. The number of carbonyl (C=O) groups excluding carboxylic acids is 4. The van der Waals surface area contributed by atoms with Gasteiger partial charge in [-0.05, 0) is 30.5 Å². The summed E-state index contributed by atoms with van der Waals surface area (Å²) in [6.45, 7) is 3.43. The van der Waals surface area contributed by atoms with Crippen LogP contribution in [0.5, 0.6) is 0 Å². The fourth-order valence-electron chi connectivity index (χ4n) is 3.88. The second kappa shape index (κ2) is 12.4. The second-order valence-electron chi connectivity index (χ2n) is 8.74. The molecule has 0 unspecified atom stereocenters. The summed E-state index contributed by atoms with van der Waals surface area (Å²) in [6.07, 6.45) is -1.11. The minimum absolute atomic E-state index is 0.0470. The first-order valence-corrected chi connectivity index (χ1v) is 11.7. The number of aliphatic carboxylic acids is 1. The zero-order chi connectivity index (χ0) is 26.3. The summed E-state index contributed by atoms with van der Waals surface area (Å²) >= 11 is 11.9. The third-order valence-electron chi connectivity index (χ3n) is 5.36. The zero-order valence-corrected chi connectivity index (χ0v) is 21.1. The van der Waals surface area contributed by atoms with Crippen molar-refractivity contribution >= 4 is 59.9 Å². The Balaban J connectivity index is 2.16. The van der Waals surface area contributed by atoms with Crippen molar-refractivity contribution in [3.05, 3.63) is 33.8 Å². The highest BCUT2D eigenvalue weighted by atomic mass is 35.5. The molecule has 35 heavy (non-hydrogen) atoms. The summed E-state index contributed by atoms with van der Waals surface area (Å²) in [6, 6.07) is 4.36. The molecule has 190 valence electrons. The second-order valence-corrected chi connectivity index (χ2v) is 9.58. The molecule has 3 N–H and O–H groups in total. The molecular formula is C22H27BCl2N2O8. The Morgan fingerprint density at radius 3 is 2.51 bits per heavy atom. The number of halogens is 2. The van der Waals surface area contributed by atoms with Crippen LogP contribution in [0.1, 0.15) is 49.9 Å². The van der Waals surface area contributed by atoms with Crippen molar-refractivity contribution in [3.63, 3.8) is 0 Å². The lowest BCUT2D eigenvalue weighted by Gasteiger charge is -2.39. The molecule has 0 bridgehead atoms. The van der Waals surface area contributed by atoms with Crippen LogP contribution in [-0.4, -0.2) is 61.0 Å². The molecule has 10 nitrogen and oxygen atoms in total. The molecule has 13 heteroatoms. The summed E-state index contributed by atoms with van der Waals surface area (Å²) < 4.78 is 11.1. The Hall–Kier alpha value is -2.63. The summed E-state index contributed by atoms with van der Waals surface area (Å²) in [5.41, 5.74) is -1.85. The van der Waals surface area contributed by atoms with E-state index in [9.17, 15) is 29.1 Å². The first kappa shape index (κ1) is 28.6. The van der Waals surface area contributed by atoms with Crippen LogP contribution in [-0.2, 0) is 28.5 Å². The molecule has 1 aliphatic rings. The molecule has 0 spiro atoms. The number of carboxylic acids is 1. The summed E-state index contributed by atoms with van der Waals surface area (Å²) in [5, 5.41) is 14.6. The minimum atomic E-state index is -1.96. The standard InChI is InChI=1S/C22H27BCl2N2O8/c1-12(2)6-13(7-15(28)11-27-20(32)16-8-14(24)4-5-17(16)25)23-34-19(31)10-22(35-23,9-18(29)30)21(33)26-3/h4-5,8,12-13H,6-7,9-11H2,1-3H3,(H,26,33)(H,27,32)(H,29,30)/t13-,22+/m1/s1. The normalized spacial score (nSPS) is 18.6. The number of amides is 2. The van der Waals surface area contributed by atoms with Crippen molar-refractivity contribution in [2.75, 3.05) is 13.6 Å². The average Bonchev–Trinajstić information content (AvgIpc) is 2.76. The molecule has 1 fully saturated rings. The monoisotopic (exact) mass is 528 g/mol. The molecule has 1 aliphatic heterocycles. The van der Waals surface area contributed by atoms with Crippen LogP contribution >= 0.6 is 23.2 Å². The highest BCUT2D eigenvalue weighted by Gasteiger charge is 2.53. The van der Waals surface area contributed by atoms with Crippen LogP contribution < -0.4 is 10.6 Å². The molecule has 1 saturated heterocycles. The van der Waals surface area contributed by atoms with Gasteiger partial charge < -0.3 is 25.0 Å². The Bertz CT molecular complexity index is 1000. The molecular weight excluding hydrogens is 502 g/mol. The molecule has 0 aromatic heterocycles. The van der Waals surface area contributed by atoms with Gasteiger partial charge in [-0.25, -0.2) is 0 Å². The SMILES string of the molecule is CNC(=O)[C@]1(CC(=O)O)CC(=O)OB([C@@H](CC(=O)CNC(=O)c2cc(Cl)ccc2Cl)CC(C)C)O1. The van der Waals surface area contributed by atoms with Crippen molar-refractivity contribution in [3.8, 4) is 0 Å². The lowest BCUT2D eigenvalue weighted by Crippen LogP contribution is -2.58. The fourth-order valence-corrected chi connectivity index (χ4v) is 4.26. The van der Waals surface area contributed by atoms with E-state index in [1.54, 1.807) is 0 Å². The van der Waals surface area contributed by atoms with E-state index < -0.39 is 60.9 Å². The van der Waals surface area contributed by atoms with E-state index in [0.29, 0.717) is 11.4 Å². The third kappa shape index (κ3) is 7.94. The van der Waals surface area contributed by atoms with Crippen molar-refractivity contribution in [2.45, 2.75) is 50.9 Å². The van der Waals surface area contributed by atoms with Crippen LogP contribution in [0.2, 0.25) is 15.9 Å². The van der Waals surface area contributed by atoms with Crippen LogP contribution in [0, 0.1) is 5.92 Å². The van der Waals surface area contributed by atoms with Crippen LogP contribution in [0.25, 0.3) is 0 Å². The highest BCUT2D eigenvalue weighted by Crippen LogP contribution is 2.36. The quantitative estimate of drug-likeness (QED) is 0.371. The maximum atomic E-state index is 12.7. The summed E-state index contributed by atoms with van der Waals surface area (Å²) in [4.78, 5) is 61.4. The predicted molar refractivity (Wildman–Crippen MR) is 128 cm³/mol. The van der Waals surface area contributed by atoms with Gasteiger partial charge in [-0.1, -0.05) is 37.0 Å². The van der Waals surface area contributed by atoms with Gasteiger partial charge in [-0.3, -0.25) is 24.0 Å². The number of benzene rings is 1. The Morgan fingerprint density at radius 2 is 1.91 bits per heavy atom. The summed E-state index contributed by atoms with van der Waals surface area (Å²) in [5.74, 6) is -4.54. The van der Waals surface area contributed by atoms with Gasteiger partial charge in [0, 0.05) is 24.3 Å². The predicted octanol–water partition coefficient (Wildman–Crippen LogP) is 2.51. The Labute approximate surface area is 213 Å². The van der Waals surface area contributed by atoms with Gasteiger partial charge in [-0.15, -0.1) is 0 Å². The number of nitrogens with one attached hydrogen (secondary N) is 2. The van der Waals surface area contributed by atoms with Crippen molar-refractivity contribution in [1.29, 1.82) is 0 Å². The van der Waals surface area contributed by atoms with Crippen LogP contribution in [0.3, 0.4) is 0 Å². The first-order chi connectivity index (χ1) is 16.4. The van der Waals surface area contributed by atoms with Gasteiger partial charge in [-0.2, -0.15) is 0 Å². The zero-order valence-electron chi connectivity index (χ0n) is 19.6. The fraction of sp³-hybridized carbons (Fsp3) is 0.500. The maximum absolute atomic E-state index is 12.7. The van der Waals surface area contributed by atoms with Gasteiger partial charge in [0.05, 0.1) is 30.0 Å². The Kier molecular flexibility index (Phi) is 10.1. The van der Waals surface area contributed by atoms with E-state index in [0.717, 1.165) is 0 Å². The Morgan fingerprint density at radius 1 is 1.23 bits per heavy atom. The number of carbonyl (C=O) groups is 5. The van der Waals surface area contributed by atoms with Crippen molar-refractivity contribution in [1.82, 2.24) is 10.6 Å². The third-order valence-corrected chi connectivity index (χ3v) is 5.93. The number of Topliss-reactive ketones (excluding diaryl/α,β-unsaturated/α-hetero) is 1. The maximum Gasteiger partial charge on any atom is 0.531 e. The molecule has 1 aromatic rings. The minimum Gasteiger partial charge on any atom is -0.509 e. The van der Waals surface area contributed by atoms with E-state index in [2.05, 4.69) is 10.6 Å². The molecule has 2 atom stereocenters. The highest BCUT2D eigenvalue weighted by molar-refractivity contribution is 6.50. The van der Waals surface area contributed by atoms with E-state index >= 15 is 0 Å². The number of rotatable bonds is 11. The molecule has 2 rings (SSSR count). The van der Waals surface area contributed by atoms with Gasteiger partial charge >= 0.3 is 13.1 Å². The van der Waals surface area contributed by atoms with Gasteiger partial charge in [0.15, 0.2) is 11.4 Å². The molecule has 0 aliphatic carbocycles. The van der Waals surface area contributed by atoms with E-state index in [-0.39, 0.29) is 29.5 Å². The smallest absolute Gasteiger partial charge is 0.509 e. The molecule has 0 radical (unpaired) electrons. The number of hydrogen-bond donors (Lipinski definition) is 3. The topological polar surface area (TPSA) is 148 Å². The lowest BCUT2D eigenvalue weighted by molar-refractivity contribution is -0.164. The molecule has 2 amide bonds. The molecule has 1 heterocycles. The number of hydrogen-bond acceptors (Lipinski definition) is 7.